The Bertz CT molecular complexity index is 1220. The second kappa shape index (κ2) is 12.1. The van der Waals surface area contributed by atoms with Gasteiger partial charge in [0.15, 0.2) is 12.4 Å². The van der Waals surface area contributed by atoms with Crippen LogP contribution in [0.2, 0.25) is 0 Å². The average Bonchev–Trinajstić information content (AvgIpc) is 3.28. The van der Waals surface area contributed by atoms with Gasteiger partial charge in [-0.1, -0.05) is 39.0 Å². The molecule has 0 bridgehead atoms. The molecule has 0 radical (unpaired) electrons. The van der Waals surface area contributed by atoms with E-state index in [2.05, 4.69) is 23.6 Å². The lowest BCUT2D eigenvalue weighted by molar-refractivity contribution is -0.139. The highest BCUT2D eigenvalue weighted by atomic mass is 19.4. The monoisotopic (exact) mass is 515 g/mol. The molecule has 0 spiro atoms. The number of nitrogens with zero attached hydrogens (tertiary/aromatic N) is 3. The smallest absolute Gasteiger partial charge is 0.417 e. The van der Waals surface area contributed by atoms with Gasteiger partial charge in [-0.05, 0) is 72.4 Å². The molecule has 0 amide bonds. The molecule has 1 atom stereocenters. The van der Waals surface area contributed by atoms with Gasteiger partial charge in [-0.15, -0.1) is 6.58 Å². The molecule has 1 aromatic carbocycles. The molecule has 2 aromatic heterocycles. The van der Waals surface area contributed by atoms with E-state index in [-0.39, 0.29) is 11.8 Å². The van der Waals surface area contributed by atoms with Crippen LogP contribution in [0.15, 0.2) is 55.4 Å². The number of hydrogen-bond donors (Lipinski definition) is 1. The highest BCUT2D eigenvalue weighted by Crippen LogP contribution is 2.32. The van der Waals surface area contributed by atoms with Crippen molar-refractivity contribution in [3.63, 3.8) is 0 Å². The van der Waals surface area contributed by atoms with E-state index in [1.54, 1.807) is 10.8 Å². The van der Waals surface area contributed by atoms with Gasteiger partial charge in [0.25, 0.3) is 0 Å². The molecule has 0 aliphatic heterocycles. The van der Waals surface area contributed by atoms with Crippen LogP contribution in [0.1, 0.15) is 73.4 Å². The Hall–Kier alpha value is -3.62. The Labute approximate surface area is 214 Å². The van der Waals surface area contributed by atoms with Gasteiger partial charge in [0.05, 0.1) is 11.3 Å². The van der Waals surface area contributed by atoms with Crippen LogP contribution in [0.4, 0.5) is 13.2 Å². The predicted octanol–water partition coefficient (Wildman–Crippen LogP) is 6.73. The van der Waals surface area contributed by atoms with E-state index in [0.29, 0.717) is 18.0 Å². The fourth-order valence-corrected chi connectivity index (χ4v) is 4.29. The molecule has 6 nitrogen and oxygen atoms in total. The first-order valence-corrected chi connectivity index (χ1v) is 12.2. The van der Waals surface area contributed by atoms with Crippen LogP contribution in [0.3, 0.4) is 0 Å². The van der Waals surface area contributed by atoms with Crippen LogP contribution in [-0.2, 0) is 23.8 Å². The van der Waals surface area contributed by atoms with Gasteiger partial charge in [0.1, 0.15) is 5.75 Å². The summed E-state index contributed by atoms with van der Waals surface area (Å²) in [7, 11) is 0. The summed E-state index contributed by atoms with van der Waals surface area (Å²) in [5.41, 5.74) is 3.14. The van der Waals surface area contributed by atoms with E-state index in [1.807, 2.05) is 38.2 Å². The topological polar surface area (TPSA) is 77.2 Å². The van der Waals surface area contributed by atoms with Crippen molar-refractivity contribution in [2.24, 2.45) is 0 Å². The first kappa shape index (κ1) is 28.0. The van der Waals surface area contributed by atoms with Crippen molar-refractivity contribution in [1.82, 2.24) is 14.8 Å². The maximum absolute atomic E-state index is 12.9. The normalized spacial score (nSPS) is 12.5. The first-order chi connectivity index (χ1) is 17.5. The average molecular weight is 516 g/mol. The molecular formula is C28H32F3N3O3. The number of allylic oxidation sites excluding steroid dienone is 1. The number of carbonyl (C=O) groups is 1. The molecule has 0 fully saturated rings. The van der Waals surface area contributed by atoms with Crippen molar-refractivity contribution in [3.8, 4) is 11.6 Å². The number of aliphatic carboxylic acids is 1. The van der Waals surface area contributed by atoms with Crippen LogP contribution in [0, 0.1) is 0 Å². The van der Waals surface area contributed by atoms with Crippen LogP contribution in [-0.4, -0.2) is 32.4 Å². The highest BCUT2D eigenvalue weighted by molar-refractivity contribution is 5.68. The zero-order chi connectivity index (χ0) is 27.2. The molecule has 3 aromatic rings. The van der Waals surface area contributed by atoms with Crippen LogP contribution in [0.25, 0.3) is 5.82 Å². The number of pyridine rings is 1. The second-order valence-electron chi connectivity index (χ2n) is 9.23. The predicted molar refractivity (Wildman–Crippen MR) is 135 cm³/mol. The molecule has 3 rings (SSSR count). The van der Waals surface area contributed by atoms with Crippen LogP contribution >= 0.6 is 0 Å². The van der Waals surface area contributed by atoms with Gasteiger partial charge in [-0.25, -0.2) is 14.5 Å². The standard InChI is InChI=1S/C28H32F3N3O3/c1-5-7-21-14-20(10-12-24(21)37-17-26(35)36)19(6-2)8-9-22-16-34(33-27(22)18(3)4)25-13-11-23(15-32-25)28(29,30)31/h5,10-16,18-19H,1,6-9,17H2,2-4H3,(H,35,36). The summed E-state index contributed by atoms with van der Waals surface area (Å²) in [5, 5.41) is 13.6. The maximum atomic E-state index is 12.9. The largest absolute Gasteiger partial charge is 0.482 e. The highest BCUT2D eigenvalue weighted by Gasteiger charge is 2.30. The summed E-state index contributed by atoms with van der Waals surface area (Å²) in [5.74, 6) is 0.209. The molecule has 2 heterocycles. The number of rotatable bonds is 12. The molecular weight excluding hydrogens is 483 g/mol. The van der Waals surface area contributed by atoms with Gasteiger partial charge in [0.2, 0.25) is 0 Å². The minimum atomic E-state index is -4.44. The molecule has 9 heteroatoms. The summed E-state index contributed by atoms with van der Waals surface area (Å²) in [6.45, 7) is 9.57. The minimum Gasteiger partial charge on any atom is -0.482 e. The summed E-state index contributed by atoms with van der Waals surface area (Å²) in [4.78, 5) is 14.9. The summed E-state index contributed by atoms with van der Waals surface area (Å²) >= 11 is 0. The van der Waals surface area contributed by atoms with Gasteiger partial charge in [-0.3, -0.25) is 0 Å². The first-order valence-electron chi connectivity index (χ1n) is 12.2. The minimum absolute atomic E-state index is 0.135. The van der Waals surface area contributed by atoms with Crippen LogP contribution in [0.5, 0.6) is 5.75 Å². The van der Waals surface area contributed by atoms with Gasteiger partial charge in [0, 0.05) is 12.4 Å². The molecule has 0 saturated heterocycles. The Kier molecular flexibility index (Phi) is 9.13. The van der Waals surface area contributed by atoms with Crippen LogP contribution < -0.4 is 4.74 Å². The van der Waals surface area contributed by atoms with Crippen molar-refractivity contribution in [2.75, 3.05) is 6.61 Å². The van der Waals surface area contributed by atoms with Crippen molar-refractivity contribution >= 4 is 5.97 Å². The summed E-state index contributed by atoms with van der Waals surface area (Å²) in [6.07, 6.45) is 3.02. The molecule has 198 valence electrons. The molecule has 37 heavy (non-hydrogen) atoms. The number of ether oxygens (including phenoxy) is 1. The Morgan fingerprint density at radius 1 is 1.22 bits per heavy atom. The summed E-state index contributed by atoms with van der Waals surface area (Å²) in [6, 6.07) is 8.17. The number of hydrogen-bond acceptors (Lipinski definition) is 4. The van der Waals surface area contributed by atoms with Crippen molar-refractivity contribution < 1.29 is 27.8 Å². The van der Waals surface area contributed by atoms with Crippen molar-refractivity contribution in [1.29, 1.82) is 0 Å². The number of carboxylic acid groups (broad SMARTS) is 1. The number of halogens is 3. The van der Waals surface area contributed by atoms with E-state index in [0.717, 1.165) is 53.9 Å². The van der Waals surface area contributed by atoms with Gasteiger partial charge in [-0.2, -0.15) is 18.3 Å². The molecule has 1 unspecified atom stereocenters. The lowest BCUT2D eigenvalue weighted by Crippen LogP contribution is -2.11. The number of benzene rings is 1. The van der Waals surface area contributed by atoms with Crippen molar-refractivity contribution in [2.45, 2.75) is 64.5 Å². The zero-order valence-corrected chi connectivity index (χ0v) is 21.3. The fraction of sp³-hybridized carbons (Fsp3) is 0.393. The van der Waals surface area contributed by atoms with E-state index in [4.69, 9.17) is 9.84 Å². The van der Waals surface area contributed by atoms with E-state index in [9.17, 15) is 18.0 Å². The quantitative estimate of drug-likeness (QED) is 0.271. The fourth-order valence-electron chi connectivity index (χ4n) is 4.29. The number of aryl methyl sites for hydroxylation is 1. The van der Waals surface area contributed by atoms with Crippen molar-refractivity contribution in [3.05, 3.63) is 83.3 Å². The van der Waals surface area contributed by atoms with Gasteiger partial charge >= 0.3 is 12.1 Å². The Morgan fingerprint density at radius 2 is 1.97 bits per heavy atom. The molecule has 1 N–H and O–H groups in total. The van der Waals surface area contributed by atoms with E-state index in [1.165, 1.54) is 6.07 Å². The molecule has 0 saturated carbocycles. The lowest BCUT2D eigenvalue weighted by Gasteiger charge is -2.18. The third-order valence-corrected chi connectivity index (χ3v) is 6.21. The van der Waals surface area contributed by atoms with E-state index >= 15 is 0 Å². The third-order valence-electron chi connectivity index (χ3n) is 6.21. The molecule has 0 aliphatic carbocycles. The Morgan fingerprint density at radius 3 is 2.54 bits per heavy atom. The Balaban J connectivity index is 1.81. The molecule has 0 aliphatic rings. The number of carboxylic acids is 1. The maximum Gasteiger partial charge on any atom is 0.417 e. The third kappa shape index (κ3) is 7.21. The summed E-state index contributed by atoms with van der Waals surface area (Å²) < 4.78 is 45.7. The van der Waals surface area contributed by atoms with E-state index < -0.39 is 24.3 Å². The lowest BCUT2D eigenvalue weighted by atomic mass is 9.88. The SMILES string of the molecule is C=CCc1cc(C(CC)CCc2cn(-c3ccc(C(F)(F)F)cn3)nc2C(C)C)ccc1OCC(=O)O. The number of aromatic nitrogens is 3. The zero-order valence-electron chi connectivity index (χ0n) is 21.3. The number of alkyl halides is 3. The van der Waals surface area contributed by atoms with Gasteiger partial charge < -0.3 is 9.84 Å². The second-order valence-corrected chi connectivity index (χ2v) is 9.23.